The molecular weight excluding hydrogens is 420 g/mol. The van der Waals surface area contributed by atoms with Crippen LogP contribution in [0.25, 0.3) is 11.0 Å². The number of carbonyl (C=O) groups is 2. The Hall–Kier alpha value is -2.80. The molecule has 32 heavy (non-hydrogen) atoms. The van der Waals surface area contributed by atoms with Crippen molar-refractivity contribution in [2.45, 2.75) is 49.3 Å². The average molecular weight is 449 g/mol. The zero-order valence-corrected chi connectivity index (χ0v) is 19.1. The maximum Gasteiger partial charge on any atom is 0.243 e. The number of carbonyl (C=O) groups excluding carboxylic acids is 2. The molecule has 2 amide bonds. The molecule has 0 spiro atoms. The molecule has 0 bridgehead atoms. The lowest BCUT2D eigenvalue weighted by molar-refractivity contribution is -0.137. The lowest BCUT2D eigenvalue weighted by atomic mass is 9.87. The van der Waals surface area contributed by atoms with Crippen LogP contribution in [0.3, 0.4) is 0 Å². The molecule has 1 fully saturated rings. The van der Waals surface area contributed by atoms with Gasteiger partial charge in [-0.1, -0.05) is 48.2 Å². The third kappa shape index (κ3) is 4.01. The normalized spacial score (nSPS) is 20.3. The number of likely N-dealkylation sites (tertiary alicyclic amines) is 1. The first-order valence-electron chi connectivity index (χ1n) is 11.3. The smallest absolute Gasteiger partial charge is 0.243 e. The lowest BCUT2D eigenvalue weighted by Crippen LogP contribution is -2.47. The largest absolute Gasteiger partial charge is 0.347 e. The lowest BCUT2D eigenvalue weighted by Gasteiger charge is -2.30. The number of para-hydroxylation sites is 2. The minimum absolute atomic E-state index is 0.00347. The van der Waals surface area contributed by atoms with Gasteiger partial charge in [0.15, 0.2) is 5.16 Å². The van der Waals surface area contributed by atoms with Crippen LogP contribution in [-0.2, 0) is 23.1 Å². The van der Waals surface area contributed by atoms with Crippen molar-refractivity contribution < 1.29 is 9.59 Å². The molecule has 166 valence electrons. The van der Waals surface area contributed by atoms with Gasteiger partial charge in [-0.05, 0) is 55.4 Å². The second-order valence-electron chi connectivity index (χ2n) is 8.63. The van der Waals surface area contributed by atoms with E-state index in [9.17, 15) is 9.59 Å². The average Bonchev–Trinajstić information content (AvgIpc) is 3.43. The number of fused-ring (bicyclic) bond motifs is 2. The third-order valence-corrected chi connectivity index (χ3v) is 7.65. The number of rotatable bonds is 5. The van der Waals surface area contributed by atoms with Gasteiger partial charge in [-0.2, -0.15) is 0 Å². The number of nitrogens with one attached hydrogen (secondary N) is 1. The van der Waals surface area contributed by atoms with E-state index >= 15 is 0 Å². The zero-order chi connectivity index (χ0) is 22.1. The standard InChI is InChI=1S/C25H28N4O2S/c1-28-21-13-5-4-11-20(21)27-25(28)32-16-23(30)29-15-7-14-22(29)24(31)26-19-12-6-9-17-8-2-3-10-18(17)19/h2-5,8,10-11,13,19,22H,6-7,9,12,14-16H2,1H3,(H,26,31)/t19?,22-/m0/s1. The van der Waals surface area contributed by atoms with Gasteiger partial charge in [0, 0.05) is 13.6 Å². The molecule has 1 aromatic heterocycles. The van der Waals surface area contributed by atoms with Gasteiger partial charge in [0.25, 0.3) is 0 Å². The highest BCUT2D eigenvalue weighted by Gasteiger charge is 2.35. The van der Waals surface area contributed by atoms with E-state index in [0.29, 0.717) is 6.54 Å². The van der Waals surface area contributed by atoms with Crippen molar-refractivity contribution >= 4 is 34.6 Å². The minimum Gasteiger partial charge on any atom is -0.347 e. The van der Waals surface area contributed by atoms with Crippen LogP contribution in [0.15, 0.2) is 53.7 Å². The Kier molecular flexibility index (Phi) is 5.91. The topological polar surface area (TPSA) is 67.2 Å². The summed E-state index contributed by atoms with van der Waals surface area (Å²) in [5.74, 6) is 0.266. The summed E-state index contributed by atoms with van der Waals surface area (Å²) in [7, 11) is 1.97. The highest BCUT2D eigenvalue weighted by atomic mass is 32.2. The maximum atomic E-state index is 13.2. The van der Waals surface area contributed by atoms with Gasteiger partial charge in [-0.15, -0.1) is 0 Å². The predicted molar refractivity (Wildman–Crippen MR) is 126 cm³/mol. The molecule has 2 heterocycles. The molecule has 7 heteroatoms. The van der Waals surface area contributed by atoms with E-state index < -0.39 is 0 Å². The minimum atomic E-state index is -0.377. The maximum absolute atomic E-state index is 13.2. The first-order chi connectivity index (χ1) is 15.6. The van der Waals surface area contributed by atoms with Gasteiger partial charge in [-0.3, -0.25) is 9.59 Å². The fourth-order valence-electron chi connectivity index (χ4n) is 4.97. The molecule has 2 aliphatic rings. The summed E-state index contributed by atoms with van der Waals surface area (Å²) in [6, 6.07) is 16.0. The van der Waals surface area contributed by atoms with Crippen LogP contribution in [0.5, 0.6) is 0 Å². The van der Waals surface area contributed by atoms with Crippen molar-refractivity contribution in [3.05, 3.63) is 59.7 Å². The number of nitrogens with zero attached hydrogens (tertiary/aromatic N) is 3. The first-order valence-corrected chi connectivity index (χ1v) is 12.3. The molecular formula is C25H28N4O2S. The van der Waals surface area contributed by atoms with Gasteiger partial charge in [0.2, 0.25) is 11.8 Å². The fraction of sp³-hybridized carbons (Fsp3) is 0.400. The predicted octanol–water partition coefficient (Wildman–Crippen LogP) is 3.85. The summed E-state index contributed by atoms with van der Waals surface area (Å²) >= 11 is 1.44. The molecule has 5 rings (SSSR count). The van der Waals surface area contributed by atoms with E-state index in [1.165, 1.54) is 22.9 Å². The number of thioether (sulfide) groups is 1. The molecule has 0 saturated carbocycles. The van der Waals surface area contributed by atoms with Crippen molar-refractivity contribution in [3.8, 4) is 0 Å². The van der Waals surface area contributed by atoms with E-state index in [1.807, 2.05) is 41.9 Å². The third-order valence-electron chi connectivity index (χ3n) is 6.63. The molecule has 1 aliphatic heterocycles. The Labute approximate surface area is 192 Å². The number of imidazole rings is 1. The van der Waals surface area contributed by atoms with Gasteiger partial charge in [0.05, 0.1) is 22.8 Å². The molecule has 1 aliphatic carbocycles. The van der Waals surface area contributed by atoms with Gasteiger partial charge in [-0.25, -0.2) is 4.98 Å². The first kappa shape index (κ1) is 21.1. The van der Waals surface area contributed by atoms with Crippen LogP contribution >= 0.6 is 11.8 Å². The van der Waals surface area contributed by atoms with E-state index in [0.717, 1.165) is 48.3 Å². The van der Waals surface area contributed by atoms with Crippen molar-refractivity contribution in [3.63, 3.8) is 0 Å². The van der Waals surface area contributed by atoms with E-state index in [-0.39, 0.29) is 29.7 Å². The fourth-order valence-corrected chi connectivity index (χ4v) is 5.84. The Morgan fingerprint density at radius 2 is 1.91 bits per heavy atom. The van der Waals surface area contributed by atoms with Crippen LogP contribution in [0.1, 0.15) is 42.9 Å². The van der Waals surface area contributed by atoms with E-state index in [1.54, 1.807) is 4.90 Å². The van der Waals surface area contributed by atoms with Crippen molar-refractivity contribution in [2.24, 2.45) is 7.05 Å². The number of benzene rings is 2. The second kappa shape index (κ2) is 8.98. The van der Waals surface area contributed by atoms with Crippen molar-refractivity contribution in [1.29, 1.82) is 0 Å². The SMILES string of the molecule is Cn1c(SCC(=O)N2CCC[C@H]2C(=O)NC2CCCc3ccccc32)nc2ccccc21. The molecule has 2 atom stereocenters. The Bertz CT molecular complexity index is 1160. The van der Waals surface area contributed by atoms with Gasteiger partial charge < -0.3 is 14.8 Å². The molecule has 1 saturated heterocycles. The second-order valence-corrected chi connectivity index (χ2v) is 9.57. The van der Waals surface area contributed by atoms with Gasteiger partial charge >= 0.3 is 0 Å². The molecule has 2 aromatic carbocycles. The molecule has 3 aromatic rings. The number of hydrogen-bond donors (Lipinski definition) is 1. The summed E-state index contributed by atoms with van der Waals surface area (Å²) in [4.78, 5) is 32.6. The molecule has 6 nitrogen and oxygen atoms in total. The summed E-state index contributed by atoms with van der Waals surface area (Å²) < 4.78 is 2.02. The molecule has 1 unspecified atom stereocenters. The highest BCUT2D eigenvalue weighted by molar-refractivity contribution is 7.99. The van der Waals surface area contributed by atoms with Crippen LogP contribution in [-0.4, -0.2) is 44.6 Å². The summed E-state index contributed by atoms with van der Waals surface area (Å²) in [6.45, 7) is 0.640. The number of aromatic nitrogens is 2. The van der Waals surface area contributed by atoms with Gasteiger partial charge in [0.1, 0.15) is 6.04 Å². The summed E-state index contributed by atoms with van der Waals surface area (Å²) in [5.41, 5.74) is 4.52. The van der Waals surface area contributed by atoms with Crippen LogP contribution < -0.4 is 5.32 Å². The Balaban J connectivity index is 1.23. The monoisotopic (exact) mass is 448 g/mol. The summed E-state index contributed by atoms with van der Waals surface area (Å²) in [6.07, 6.45) is 4.68. The van der Waals surface area contributed by atoms with Crippen molar-refractivity contribution in [1.82, 2.24) is 19.8 Å². The number of amides is 2. The Morgan fingerprint density at radius 1 is 1.09 bits per heavy atom. The molecule has 1 N–H and O–H groups in total. The number of aryl methyl sites for hydroxylation is 2. The van der Waals surface area contributed by atoms with Crippen molar-refractivity contribution in [2.75, 3.05) is 12.3 Å². The molecule has 0 radical (unpaired) electrons. The van der Waals surface area contributed by atoms with E-state index in [2.05, 4.69) is 28.5 Å². The number of hydrogen-bond acceptors (Lipinski definition) is 4. The van der Waals surface area contributed by atoms with Crippen LogP contribution in [0.4, 0.5) is 0 Å². The van der Waals surface area contributed by atoms with Crippen LogP contribution in [0, 0.1) is 0 Å². The van der Waals surface area contributed by atoms with E-state index in [4.69, 9.17) is 0 Å². The Morgan fingerprint density at radius 3 is 2.78 bits per heavy atom. The summed E-state index contributed by atoms with van der Waals surface area (Å²) in [5, 5.41) is 4.06. The quantitative estimate of drug-likeness (QED) is 0.602. The highest BCUT2D eigenvalue weighted by Crippen LogP contribution is 2.30. The zero-order valence-electron chi connectivity index (χ0n) is 18.3. The van der Waals surface area contributed by atoms with Crippen LogP contribution in [0.2, 0.25) is 0 Å².